The zero-order valence-electron chi connectivity index (χ0n) is 17.7. The predicted octanol–water partition coefficient (Wildman–Crippen LogP) is 2.98. The summed E-state index contributed by atoms with van der Waals surface area (Å²) in [4.78, 5) is 19.2. The van der Waals surface area contributed by atoms with Gasteiger partial charge in [0, 0.05) is 50.4 Å². The highest BCUT2D eigenvalue weighted by Gasteiger charge is 2.62. The van der Waals surface area contributed by atoms with E-state index in [1.54, 1.807) is 0 Å². The van der Waals surface area contributed by atoms with Gasteiger partial charge in [-0.25, -0.2) is 0 Å². The molecule has 3 fully saturated rings. The second-order valence-corrected chi connectivity index (χ2v) is 9.21. The maximum atomic E-state index is 12.6. The smallest absolute Gasteiger partial charge is 0.224 e. The van der Waals surface area contributed by atoms with E-state index in [1.165, 1.54) is 11.1 Å². The van der Waals surface area contributed by atoms with Crippen molar-refractivity contribution in [2.75, 3.05) is 19.6 Å². The third kappa shape index (κ3) is 3.77. The zero-order valence-corrected chi connectivity index (χ0v) is 17.7. The van der Waals surface area contributed by atoms with Gasteiger partial charge in [-0.05, 0) is 48.1 Å². The molecule has 2 bridgehead atoms. The van der Waals surface area contributed by atoms with Crippen molar-refractivity contribution < 1.29 is 9.53 Å². The molecule has 3 saturated heterocycles. The first-order chi connectivity index (χ1) is 14.6. The Kier molecular flexibility index (Phi) is 5.34. The summed E-state index contributed by atoms with van der Waals surface area (Å²) in [6, 6.07) is 12.6. The molecule has 0 unspecified atom stereocenters. The molecule has 1 aromatic carbocycles. The zero-order chi connectivity index (χ0) is 20.6. The molecule has 5 heteroatoms. The van der Waals surface area contributed by atoms with E-state index in [0.717, 1.165) is 51.0 Å². The summed E-state index contributed by atoms with van der Waals surface area (Å²) in [5, 5.41) is 3.21. The highest BCUT2D eigenvalue weighted by molar-refractivity contribution is 5.78. The maximum absolute atomic E-state index is 12.6. The summed E-state index contributed by atoms with van der Waals surface area (Å²) >= 11 is 0. The van der Waals surface area contributed by atoms with E-state index in [0.29, 0.717) is 24.4 Å². The van der Waals surface area contributed by atoms with Crippen LogP contribution in [0.25, 0.3) is 0 Å². The van der Waals surface area contributed by atoms with Crippen molar-refractivity contribution >= 4 is 5.91 Å². The van der Waals surface area contributed by atoms with Crippen LogP contribution in [0.1, 0.15) is 36.5 Å². The number of nitrogens with one attached hydrogen (secondary N) is 1. The van der Waals surface area contributed by atoms with E-state index in [2.05, 4.69) is 58.5 Å². The Morgan fingerprint density at radius 2 is 1.93 bits per heavy atom. The molecule has 5 rings (SSSR count). The molecule has 158 valence electrons. The van der Waals surface area contributed by atoms with Gasteiger partial charge in [-0.2, -0.15) is 0 Å². The summed E-state index contributed by atoms with van der Waals surface area (Å²) in [5.41, 5.74) is 3.69. The quantitative estimate of drug-likeness (QED) is 0.770. The van der Waals surface area contributed by atoms with Gasteiger partial charge in [0.25, 0.3) is 0 Å². The average molecular weight is 406 g/mol. The maximum Gasteiger partial charge on any atom is 0.224 e. The molecule has 0 radical (unpaired) electrons. The number of pyridine rings is 1. The third-order valence-electron chi connectivity index (χ3n) is 7.34. The van der Waals surface area contributed by atoms with E-state index in [9.17, 15) is 4.79 Å². The number of likely N-dealkylation sites (tertiary alicyclic amines) is 1. The number of amides is 1. The molecule has 1 amide bonds. The summed E-state index contributed by atoms with van der Waals surface area (Å²) < 4.78 is 6.54. The van der Waals surface area contributed by atoms with E-state index >= 15 is 0 Å². The van der Waals surface area contributed by atoms with E-state index in [-0.39, 0.29) is 11.5 Å². The van der Waals surface area contributed by atoms with Crippen molar-refractivity contribution in [3.8, 4) is 0 Å². The monoisotopic (exact) mass is 405 g/mol. The fourth-order valence-electron chi connectivity index (χ4n) is 5.80. The Labute approximate surface area is 178 Å². The molecule has 3 aliphatic rings. The highest BCUT2D eigenvalue weighted by Crippen LogP contribution is 2.54. The van der Waals surface area contributed by atoms with Gasteiger partial charge in [0.2, 0.25) is 5.91 Å². The lowest BCUT2D eigenvalue weighted by molar-refractivity contribution is -0.120. The van der Waals surface area contributed by atoms with E-state index in [1.807, 2.05) is 12.4 Å². The number of fused-ring (bicyclic) bond motifs is 1. The number of carbonyl (C=O) groups excluding carboxylic acids is 1. The fourth-order valence-corrected chi connectivity index (χ4v) is 5.80. The molecular formula is C25H31N3O2. The lowest BCUT2D eigenvalue weighted by atomic mass is 9.73. The molecule has 1 aromatic heterocycles. The number of ether oxygens (including phenoxy) is 1. The minimum atomic E-state index is 0.00305. The fraction of sp³-hybridized carbons (Fsp3) is 0.520. The van der Waals surface area contributed by atoms with Crippen molar-refractivity contribution in [1.29, 1.82) is 0 Å². The van der Waals surface area contributed by atoms with Gasteiger partial charge in [-0.1, -0.05) is 31.2 Å². The van der Waals surface area contributed by atoms with Crippen LogP contribution in [0.4, 0.5) is 0 Å². The van der Waals surface area contributed by atoms with Crippen molar-refractivity contribution in [3.05, 3.63) is 65.5 Å². The molecule has 4 atom stereocenters. The number of hydrogen-bond acceptors (Lipinski definition) is 4. The molecule has 3 aliphatic heterocycles. The standard InChI is InChI=1S/C25H31N3O2/c1-2-18-3-5-19(6-4-18)13-24(29)27-14-21-22-16-28(15-20-8-11-26-12-9-20)17-25(22)10-7-23(21)30-25/h3-6,8-9,11-12,21-23H,2,7,10,13-17H2,1H3,(H,27,29)/t21-,22+,23+,25+/m0/s1. The summed E-state index contributed by atoms with van der Waals surface area (Å²) in [5.74, 6) is 1.05. The second kappa shape index (κ2) is 8.12. The third-order valence-corrected chi connectivity index (χ3v) is 7.34. The number of carbonyl (C=O) groups is 1. The van der Waals surface area contributed by atoms with Gasteiger partial charge in [-0.3, -0.25) is 14.7 Å². The minimum Gasteiger partial charge on any atom is -0.370 e. The molecule has 1 spiro atoms. The Morgan fingerprint density at radius 3 is 2.70 bits per heavy atom. The van der Waals surface area contributed by atoms with Crippen LogP contribution in [-0.4, -0.2) is 47.1 Å². The predicted molar refractivity (Wildman–Crippen MR) is 116 cm³/mol. The Balaban J connectivity index is 1.18. The van der Waals surface area contributed by atoms with Gasteiger partial charge in [0.05, 0.1) is 18.1 Å². The van der Waals surface area contributed by atoms with Crippen LogP contribution in [0.5, 0.6) is 0 Å². The molecule has 30 heavy (non-hydrogen) atoms. The topological polar surface area (TPSA) is 54.5 Å². The lowest BCUT2D eigenvalue weighted by Gasteiger charge is -2.29. The highest BCUT2D eigenvalue weighted by atomic mass is 16.5. The molecule has 0 saturated carbocycles. The molecule has 0 aliphatic carbocycles. The summed E-state index contributed by atoms with van der Waals surface area (Å²) in [6.07, 6.45) is 7.79. The van der Waals surface area contributed by atoms with Crippen LogP contribution in [0.3, 0.4) is 0 Å². The van der Waals surface area contributed by atoms with Gasteiger partial charge in [-0.15, -0.1) is 0 Å². The molecule has 4 heterocycles. The van der Waals surface area contributed by atoms with Gasteiger partial charge >= 0.3 is 0 Å². The van der Waals surface area contributed by atoms with Crippen LogP contribution in [0, 0.1) is 11.8 Å². The molecule has 5 nitrogen and oxygen atoms in total. The number of nitrogens with zero attached hydrogens (tertiary/aromatic N) is 2. The first-order valence-corrected chi connectivity index (χ1v) is 11.3. The lowest BCUT2D eigenvalue weighted by Crippen LogP contribution is -2.42. The first-order valence-electron chi connectivity index (χ1n) is 11.3. The molecule has 2 aromatic rings. The van der Waals surface area contributed by atoms with Crippen LogP contribution in [-0.2, 0) is 28.9 Å². The first kappa shape index (κ1) is 19.7. The number of rotatable bonds is 7. The largest absolute Gasteiger partial charge is 0.370 e. The Bertz CT molecular complexity index is 885. The van der Waals surface area contributed by atoms with Crippen molar-refractivity contribution in [3.63, 3.8) is 0 Å². The van der Waals surface area contributed by atoms with Gasteiger partial charge in [0.15, 0.2) is 0 Å². The SMILES string of the molecule is CCc1ccc(CC(=O)NC[C@H]2[C@H]3CN(Cc4ccncc4)C[C@]34CC[C@H]2O4)cc1. The van der Waals surface area contributed by atoms with Crippen molar-refractivity contribution in [1.82, 2.24) is 15.2 Å². The van der Waals surface area contributed by atoms with Crippen LogP contribution >= 0.6 is 0 Å². The number of benzene rings is 1. The minimum absolute atomic E-state index is 0.00305. The van der Waals surface area contributed by atoms with Gasteiger partial charge < -0.3 is 10.1 Å². The van der Waals surface area contributed by atoms with Crippen molar-refractivity contribution in [2.45, 2.75) is 50.9 Å². The number of aryl methyl sites for hydroxylation is 1. The van der Waals surface area contributed by atoms with E-state index < -0.39 is 0 Å². The van der Waals surface area contributed by atoms with Crippen LogP contribution in [0.15, 0.2) is 48.8 Å². The summed E-state index contributed by atoms with van der Waals surface area (Å²) in [7, 11) is 0. The average Bonchev–Trinajstić information content (AvgIpc) is 3.41. The molecule has 1 N–H and O–H groups in total. The van der Waals surface area contributed by atoms with Crippen molar-refractivity contribution in [2.24, 2.45) is 11.8 Å². The second-order valence-electron chi connectivity index (χ2n) is 9.21. The Hall–Kier alpha value is -2.24. The number of aromatic nitrogens is 1. The van der Waals surface area contributed by atoms with E-state index in [4.69, 9.17) is 4.74 Å². The molecular weight excluding hydrogens is 374 g/mol. The van der Waals surface area contributed by atoms with Crippen LogP contribution in [0.2, 0.25) is 0 Å². The number of hydrogen-bond donors (Lipinski definition) is 1. The summed E-state index contributed by atoms with van der Waals surface area (Å²) in [6.45, 7) is 5.88. The Morgan fingerprint density at radius 1 is 1.17 bits per heavy atom. The van der Waals surface area contributed by atoms with Crippen LogP contribution < -0.4 is 5.32 Å². The normalized spacial score (nSPS) is 29.8. The van der Waals surface area contributed by atoms with Gasteiger partial charge in [0.1, 0.15) is 0 Å².